The van der Waals surface area contributed by atoms with Gasteiger partial charge in [-0.25, -0.2) is 9.50 Å². The van der Waals surface area contributed by atoms with E-state index in [0.717, 1.165) is 42.6 Å². The minimum atomic E-state index is -0.0642. The number of hydrogen-bond acceptors (Lipinski definition) is 4. The largest absolute Gasteiger partial charge is 0.349 e. The molecule has 27 heavy (non-hydrogen) atoms. The normalized spacial score (nSPS) is 12.3. The Morgan fingerprint density at radius 1 is 1.15 bits per heavy atom. The third-order valence-electron chi connectivity index (χ3n) is 4.61. The Kier molecular flexibility index (Phi) is 6.16. The molecule has 6 nitrogen and oxygen atoms in total. The van der Waals surface area contributed by atoms with Crippen molar-refractivity contribution in [2.45, 2.75) is 58.9 Å². The van der Waals surface area contributed by atoms with E-state index in [-0.39, 0.29) is 18.4 Å². The summed E-state index contributed by atoms with van der Waals surface area (Å²) in [5.41, 5.74) is 2.99. The zero-order chi connectivity index (χ0) is 19.2. The molecule has 1 atom stereocenters. The average molecular weight is 365 g/mol. The van der Waals surface area contributed by atoms with E-state index in [4.69, 9.17) is 0 Å². The van der Waals surface area contributed by atoms with E-state index in [1.54, 1.807) is 4.52 Å². The molecule has 0 saturated heterocycles. The van der Waals surface area contributed by atoms with Crippen LogP contribution in [0.5, 0.6) is 0 Å². The molecule has 2 aromatic heterocycles. The number of rotatable bonds is 8. The van der Waals surface area contributed by atoms with Gasteiger partial charge in [-0.1, -0.05) is 56.5 Å². The van der Waals surface area contributed by atoms with Gasteiger partial charge in [0.15, 0.2) is 5.82 Å². The number of unbranched alkanes of at least 4 members (excludes halogenated alkanes) is 2. The highest BCUT2D eigenvalue weighted by molar-refractivity contribution is 5.78. The number of fused-ring (bicyclic) bond motifs is 1. The van der Waals surface area contributed by atoms with Crippen LogP contribution in [0.3, 0.4) is 0 Å². The Morgan fingerprint density at radius 2 is 1.93 bits per heavy atom. The topological polar surface area (TPSA) is 72.2 Å². The van der Waals surface area contributed by atoms with Gasteiger partial charge >= 0.3 is 0 Å². The molecular weight excluding hydrogens is 338 g/mol. The zero-order valence-corrected chi connectivity index (χ0v) is 16.3. The quantitative estimate of drug-likeness (QED) is 0.618. The van der Waals surface area contributed by atoms with Gasteiger partial charge < -0.3 is 5.32 Å². The van der Waals surface area contributed by atoms with Gasteiger partial charge in [-0.2, -0.15) is 4.98 Å². The second kappa shape index (κ2) is 8.75. The first kappa shape index (κ1) is 19.0. The van der Waals surface area contributed by atoms with Crippen LogP contribution in [-0.2, 0) is 11.2 Å². The molecule has 0 aliphatic carbocycles. The molecule has 0 radical (unpaired) electrons. The predicted octanol–water partition coefficient (Wildman–Crippen LogP) is 3.72. The fraction of sp³-hybridized carbons (Fsp3) is 0.429. The lowest BCUT2D eigenvalue weighted by Crippen LogP contribution is -2.30. The second-order valence-corrected chi connectivity index (χ2v) is 6.98. The van der Waals surface area contributed by atoms with Gasteiger partial charge in [-0.15, -0.1) is 5.10 Å². The van der Waals surface area contributed by atoms with Crippen LogP contribution in [0.25, 0.3) is 5.78 Å². The smallest absolute Gasteiger partial charge is 0.252 e. The molecule has 0 bridgehead atoms. The molecule has 1 unspecified atom stereocenters. The molecule has 1 aromatic carbocycles. The van der Waals surface area contributed by atoms with E-state index in [1.165, 1.54) is 0 Å². The van der Waals surface area contributed by atoms with E-state index >= 15 is 0 Å². The molecule has 2 heterocycles. The second-order valence-electron chi connectivity index (χ2n) is 6.98. The molecule has 0 fully saturated rings. The summed E-state index contributed by atoms with van der Waals surface area (Å²) in [6.45, 7) is 6.07. The van der Waals surface area contributed by atoms with E-state index in [9.17, 15) is 4.79 Å². The Bertz CT molecular complexity index is 904. The minimum Gasteiger partial charge on any atom is -0.349 e. The lowest BCUT2D eigenvalue weighted by Gasteiger charge is -2.19. The Labute approximate surface area is 160 Å². The van der Waals surface area contributed by atoms with Gasteiger partial charge in [0.1, 0.15) is 0 Å². The van der Waals surface area contributed by atoms with Crippen molar-refractivity contribution in [3.63, 3.8) is 0 Å². The van der Waals surface area contributed by atoms with Crippen molar-refractivity contribution in [1.82, 2.24) is 24.9 Å². The molecule has 3 aromatic rings. The van der Waals surface area contributed by atoms with Crippen LogP contribution < -0.4 is 5.32 Å². The summed E-state index contributed by atoms with van der Waals surface area (Å²) < 4.78 is 1.69. The number of nitrogens with one attached hydrogen (secondary N) is 1. The third-order valence-corrected chi connectivity index (χ3v) is 4.61. The molecule has 0 aliphatic rings. The third kappa shape index (κ3) is 4.90. The van der Waals surface area contributed by atoms with Crippen LogP contribution in [0.1, 0.15) is 61.4 Å². The van der Waals surface area contributed by atoms with E-state index in [2.05, 4.69) is 39.4 Å². The van der Waals surface area contributed by atoms with Crippen molar-refractivity contribution in [2.75, 3.05) is 0 Å². The summed E-state index contributed by atoms with van der Waals surface area (Å²) in [7, 11) is 0. The maximum atomic E-state index is 12.6. The van der Waals surface area contributed by atoms with Crippen molar-refractivity contribution in [3.8, 4) is 0 Å². The Balaban J connectivity index is 1.71. The minimum absolute atomic E-state index is 0.0180. The molecular formula is C21H27N5O. The van der Waals surface area contributed by atoms with Crippen LogP contribution >= 0.6 is 0 Å². The summed E-state index contributed by atoms with van der Waals surface area (Å²) in [5, 5.41) is 7.59. The highest BCUT2D eigenvalue weighted by Crippen LogP contribution is 2.20. The first-order valence-corrected chi connectivity index (χ1v) is 9.61. The van der Waals surface area contributed by atoms with Gasteiger partial charge in [-0.05, 0) is 31.9 Å². The zero-order valence-electron chi connectivity index (χ0n) is 16.3. The van der Waals surface area contributed by atoms with E-state index in [0.29, 0.717) is 11.6 Å². The lowest BCUT2D eigenvalue weighted by molar-refractivity contribution is -0.121. The first-order chi connectivity index (χ1) is 13.1. The molecule has 3 rings (SSSR count). The van der Waals surface area contributed by atoms with Crippen LogP contribution in [0, 0.1) is 13.8 Å². The number of nitrogens with zero attached hydrogens (tertiary/aromatic N) is 4. The van der Waals surface area contributed by atoms with Gasteiger partial charge in [0, 0.05) is 11.4 Å². The standard InChI is InChI=1S/C21H27N5O/c1-4-5-7-12-18(17-10-8-6-9-11-17)23-20(27)14-19-24-21-22-15(2)13-16(3)26(21)25-19/h6,8-11,13,18H,4-5,7,12,14H2,1-3H3,(H,23,27). The van der Waals surface area contributed by atoms with Gasteiger partial charge in [-0.3, -0.25) is 4.79 Å². The maximum absolute atomic E-state index is 12.6. The summed E-state index contributed by atoms with van der Waals surface area (Å²) >= 11 is 0. The van der Waals surface area contributed by atoms with Crippen LogP contribution in [0.4, 0.5) is 0 Å². The number of aromatic nitrogens is 4. The molecule has 1 amide bonds. The molecule has 0 spiro atoms. The summed E-state index contributed by atoms with van der Waals surface area (Å²) in [4.78, 5) is 21.4. The highest BCUT2D eigenvalue weighted by Gasteiger charge is 2.17. The summed E-state index contributed by atoms with van der Waals surface area (Å²) in [6, 6.07) is 12.1. The summed E-state index contributed by atoms with van der Waals surface area (Å²) in [6.07, 6.45) is 4.50. The van der Waals surface area contributed by atoms with Crippen molar-refractivity contribution in [2.24, 2.45) is 0 Å². The van der Waals surface area contributed by atoms with Crippen molar-refractivity contribution in [1.29, 1.82) is 0 Å². The SMILES string of the molecule is CCCCCC(NC(=O)Cc1nc2nc(C)cc(C)n2n1)c1ccccc1. The van der Waals surface area contributed by atoms with E-state index in [1.807, 2.05) is 38.1 Å². The lowest BCUT2D eigenvalue weighted by atomic mass is 10.0. The van der Waals surface area contributed by atoms with Crippen LogP contribution in [-0.4, -0.2) is 25.5 Å². The van der Waals surface area contributed by atoms with E-state index < -0.39 is 0 Å². The van der Waals surface area contributed by atoms with Crippen molar-refractivity contribution in [3.05, 3.63) is 59.2 Å². The molecule has 6 heteroatoms. The average Bonchev–Trinajstić information content (AvgIpc) is 3.04. The highest BCUT2D eigenvalue weighted by atomic mass is 16.1. The fourth-order valence-corrected chi connectivity index (χ4v) is 3.28. The fourth-order valence-electron chi connectivity index (χ4n) is 3.28. The van der Waals surface area contributed by atoms with Crippen LogP contribution in [0.15, 0.2) is 36.4 Å². The Hall–Kier alpha value is -2.76. The number of benzene rings is 1. The molecule has 142 valence electrons. The molecule has 0 saturated carbocycles. The maximum Gasteiger partial charge on any atom is 0.252 e. The van der Waals surface area contributed by atoms with Gasteiger partial charge in [0.25, 0.3) is 5.78 Å². The van der Waals surface area contributed by atoms with Crippen molar-refractivity contribution < 1.29 is 4.79 Å². The number of carbonyl (C=O) groups excluding carboxylic acids is 1. The van der Waals surface area contributed by atoms with Gasteiger partial charge in [0.2, 0.25) is 5.91 Å². The Morgan fingerprint density at radius 3 is 2.67 bits per heavy atom. The first-order valence-electron chi connectivity index (χ1n) is 9.61. The van der Waals surface area contributed by atoms with Gasteiger partial charge in [0.05, 0.1) is 12.5 Å². The number of aryl methyl sites for hydroxylation is 2. The van der Waals surface area contributed by atoms with Crippen LogP contribution in [0.2, 0.25) is 0 Å². The van der Waals surface area contributed by atoms with Crippen molar-refractivity contribution >= 4 is 11.7 Å². The molecule has 0 aliphatic heterocycles. The number of carbonyl (C=O) groups is 1. The predicted molar refractivity (Wildman–Crippen MR) is 105 cm³/mol. The molecule has 1 N–H and O–H groups in total. The number of hydrogen-bond donors (Lipinski definition) is 1. The summed E-state index contributed by atoms with van der Waals surface area (Å²) in [5.74, 6) is 0.970. The monoisotopic (exact) mass is 365 g/mol. The number of amides is 1.